The second-order valence-electron chi connectivity index (χ2n) is 18.9. The average molecular weight is 853 g/mol. The van der Waals surface area contributed by atoms with Gasteiger partial charge in [0, 0.05) is 18.7 Å². The monoisotopic (exact) mass is 853 g/mol. The zero-order valence-corrected chi connectivity index (χ0v) is 41.3. The molecule has 0 fully saturated rings. The first-order valence-corrected chi connectivity index (χ1v) is 27.5. The number of carbonyl (C=O) groups is 2. The summed E-state index contributed by atoms with van der Waals surface area (Å²) in [5.41, 5.74) is 1.11. The standard InChI is InChI=1S/C56H104N2O3/c1-4-7-10-13-16-19-22-25-28-31-34-37-40-43-48-57-55(59)52-46-47-53(56(60)58-49-44-41-38-35-32-29-26-23-20-17-14-11-8-5-2)54(51-52)61-50-45-42-39-36-33-30-27-24-21-18-15-12-9-6-3/h46-47,51H,4-45,48-50H2,1-3H3,(H,57,59)(H,58,60). The van der Waals surface area contributed by atoms with Crippen molar-refractivity contribution in [3.05, 3.63) is 29.3 Å². The number of rotatable bonds is 48. The van der Waals surface area contributed by atoms with E-state index in [4.69, 9.17) is 4.74 Å². The minimum absolute atomic E-state index is 0.0783. The third kappa shape index (κ3) is 37.1. The van der Waals surface area contributed by atoms with E-state index in [-0.39, 0.29) is 11.8 Å². The number of nitrogens with one attached hydrogen (secondary N) is 2. The van der Waals surface area contributed by atoms with Gasteiger partial charge >= 0.3 is 0 Å². The van der Waals surface area contributed by atoms with Crippen molar-refractivity contribution in [1.82, 2.24) is 10.6 Å². The highest BCUT2D eigenvalue weighted by Crippen LogP contribution is 2.23. The smallest absolute Gasteiger partial charge is 0.255 e. The van der Waals surface area contributed by atoms with Crippen LogP contribution in [0.5, 0.6) is 5.75 Å². The summed E-state index contributed by atoms with van der Waals surface area (Å²) in [5, 5.41) is 6.28. The molecule has 0 aliphatic heterocycles. The number of benzene rings is 1. The van der Waals surface area contributed by atoms with Crippen LogP contribution in [0.15, 0.2) is 18.2 Å². The molecule has 0 radical (unpaired) electrons. The highest BCUT2D eigenvalue weighted by atomic mass is 16.5. The summed E-state index contributed by atoms with van der Waals surface area (Å²) in [6, 6.07) is 5.38. The fraction of sp³-hybridized carbons (Fsp3) is 0.857. The van der Waals surface area contributed by atoms with Gasteiger partial charge in [0.1, 0.15) is 5.75 Å². The predicted molar refractivity (Wildman–Crippen MR) is 268 cm³/mol. The van der Waals surface area contributed by atoms with Crippen LogP contribution in [0, 0.1) is 0 Å². The molecule has 1 aromatic carbocycles. The molecule has 61 heavy (non-hydrogen) atoms. The molecule has 0 heterocycles. The zero-order valence-electron chi connectivity index (χ0n) is 41.3. The molecular formula is C56H104N2O3. The summed E-state index contributed by atoms with van der Waals surface area (Å²) in [5.74, 6) is 0.364. The van der Waals surface area contributed by atoms with Gasteiger partial charge < -0.3 is 15.4 Å². The fourth-order valence-corrected chi connectivity index (χ4v) is 8.69. The Morgan fingerprint density at radius 1 is 0.361 bits per heavy atom. The van der Waals surface area contributed by atoms with E-state index in [9.17, 15) is 9.59 Å². The molecule has 0 atom stereocenters. The maximum absolute atomic E-state index is 13.4. The van der Waals surface area contributed by atoms with Gasteiger partial charge in [0.2, 0.25) is 0 Å². The Morgan fingerprint density at radius 3 is 0.967 bits per heavy atom. The molecular weight excluding hydrogens is 749 g/mol. The van der Waals surface area contributed by atoms with E-state index >= 15 is 0 Å². The van der Waals surface area contributed by atoms with E-state index in [0.717, 1.165) is 38.5 Å². The van der Waals surface area contributed by atoms with Gasteiger partial charge in [-0.05, 0) is 37.5 Å². The van der Waals surface area contributed by atoms with Crippen LogP contribution >= 0.6 is 0 Å². The molecule has 5 heteroatoms. The summed E-state index contributed by atoms with van der Waals surface area (Å²) < 4.78 is 6.28. The first-order valence-electron chi connectivity index (χ1n) is 27.5. The van der Waals surface area contributed by atoms with Gasteiger partial charge in [0.15, 0.2) is 0 Å². The molecule has 2 amide bonds. The van der Waals surface area contributed by atoms with Gasteiger partial charge in [-0.3, -0.25) is 9.59 Å². The Balaban J connectivity index is 2.40. The summed E-state index contributed by atoms with van der Waals surface area (Å²) in [7, 11) is 0. The van der Waals surface area contributed by atoms with Crippen molar-refractivity contribution >= 4 is 11.8 Å². The van der Waals surface area contributed by atoms with E-state index in [1.165, 1.54) is 231 Å². The van der Waals surface area contributed by atoms with Crippen molar-refractivity contribution in [2.45, 2.75) is 290 Å². The Bertz CT molecular complexity index is 1090. The molecule has 1 rings (SSSR count). The van der Waals surface area contributed by atoms with Crippen LogP contribution in [0.4, 0.5) is 0 Å². The van der Waals surface area contributed by atoms with Crippen molar-refractivity contribution in [3.63, 3.8) is 0 Å². The second-order valence-corrected chi connectivity index (χ2v) is 18.9. The first-order chi connectivity index (χ1) is 30.1. The number of hydrogen-bond donors (Lipinski definition) is 2. The molecule has 356 valence electrons. The van der Waals surface area contributed by atoms with E-state index in [1.807, 2.05) is 0 Å². The van der Waals surface area contributed by atoms with Gasteiger partial charge in [-0.1, -0.05) is 271 Å². The summed E-state index contributed by atoms with van der Waals surface area (Å²) >= 11 is 0. The number of hydrogen-bond acceptors (Lipinski definition) is 3. The third-order valence-electron chi connectivity index (χ3n) is 12.9. The summed E-state index contributed by atoms with van der Waals surface area (Å²) in [6.45, 7) is 8.79. The predicted octanol–water partition coefficient (Wildman–Crippen LogP) is 18.0. The number of ether oxygens (including phenoxy) is 1. The van der Waals surface area contributed by atoms with Crippen LogP contribution in [0.25, 0.3) is 0 Å². The van der Waals surface area contributed by atoms with Crippen molar-refractivity contribution in [2.75, 3.05) is 19.7 Å². The molecule has 0 unspecified atom stereocenters. The van der Waals surface area contributed by atoms with Crippen molar-refractivity contribution in [3.8, 4) is 5.75 Å². The largest absolute Gasteiger partial charge is 0.493 e. The van der Waals surface area contributed by atoms with Crippen LogP contribution in [0.2, 0.25) is 0 Å². The third-order valence-corrected chi connectivity index (χ3v) is 12.9. The Morgan fingerprint density at radius 2 is 0.639 bits per heavy atom. The Labute approximate surface area is 380 Å². The van der Waals surface area contributed by atoms with Crippen molar-refractivity contribution in [2.24, 2.45) is 0 Å². The lowest BCUT2D eigenvalue weighted by Crippen LogP contribution is -2.26. The number of carbonyl (C=O) groups excluding carboxylic acids is 2. The summed E-state index contributed by atoms with van der Waals surface area (Å²) in [4.78, 5) is 26.6. The number of unbranched alkanes of at least 4 members (excludes halogenated alkanes) is 39. The average Bonchev–Trinajstić information content (AvgIpc) is 3.27. The fourth-order valence-electron chi connectivity index (χ4n) is 8.69. The van der Waals surface area contributed by atoms with Crippen LogP contribution in [0.1, 0.15) is 311 Å². The SMILES string of the molecule is CCCCCCCCCCCCCCCCNC(=O)c1ccc(C(=O)NCCCCCCCCCCCCCCCC)c(OCCCCCCCCCCCCCCCC)c1. The van der Waals surface area contributed by atoms with Crippen LogP contribution < -0.4 is 15.4 Å². The van der Waals surface area contributed by atoms with Gasteiger partial charge in [0.05, 0.1) is 12.2 Å². The molecule has 0 aliphatic carbocycles. The molecule has 2 N–H and O–H groups in total. The molecule has 0 saturated carbocycles. The molecule has 0 bridgehead atoms. The van der Waals surface area contributed by atoms with E-state index in [0.29, 0.717) is 36.6 Å². The highest BCUT2D eigenvalue weighted by Gasteiger charge is 2.16. The maximum Gasteiger partial charge on any atom is 0.255 e. The Hall–Kier alpha value is -2.04. The lowest BCUT2D eigenvalue weighted by Gasteiger charge is -2.14. The number of amides is 2. The van der Waals surface area contributed by atoms with Gasteiger partial charge in [-0.2, -0.15) is 0 Å². The van der Waals surface area contributed by atoms with Crippen molar-refractivity contribution < 1.29 is 14.3 Å². The van der Waals surface area contributed by atoms with Crippen LogP contribution in [-0.4, -0.2) is 31.5 Å². The molecule has 0 aromatic heterocycles. The van der Waals surface area contributed by atoms with Gasteiger partial charge in [-0.25, -0.2) is 0 Å². The normalized spacial score (nSPS) is 11.3. The Kier molecular flexibility index (Phi) is 42.9. The topological polar surface area (TPSA) is 67.4 Å². The van der Waals surface area contributed by atoms with Crippen LogP contribution in [-0.2, 0) is 0 Å². The van der Waals surface area contributed by atoms with E-state index < -0.39 is 0 Å². The first kappa shape index (κ1) is 57.0. The maximum atomic E-state index is 13.4. The quantitative estimate of drug-likeness (QED) is 0.0642. The second kappa shape index (κ2) is 46.0. The lowest BCUT2D eigenvalue weighted by atomic mass is 10.0. The molecule has 5 nitrogen and oxygen atoms in total. The van der Waals surface area contributed by atoms with Gasteiger partial charge in [-0.15, -0.1) is 0 Å². The highest BCUT2D eigenvalue weighted by molar-refractivity contribution is 6.00. The zero-order chi connectivity index (χ0) is 43.9. The minimum atomic E-state index is -0.0972. The molecule has 1 aromatic rings. The van der Waals surface area contributed by atoms with Gasteiger partial charge in [0.25, 0.3) is 11.8 Å². The molecule has 0 aliphatic rings. The minimum Gasteiger partial charge on any atom is -0.493 e. The molecule has 0 saturated heterocycles. The lowest BCUT2D eigenvalue weighted by molar-refractivity contribution is 0.0937. The van der Waals surface area contributed by atoms with E-state index in [2.05, 4.69) is 31.4 Å². The molecule has 0 spiro atoms. The van der Waals surface area contributed by atoms with E-state index in [1.54, 1.807) is 18.2 Å². The van der Waals surface area contributed by atoms with Crippen molar-refractivity contribution in [1.29, 1.82) is 0 Å². The summed E-state index contributed by atoms with van der Waals surface area (Å²) in [6.07, 6.45) is 55.6. The van der Waals surface area contributed by atoms with Crippen LogP contribution in [0.3, 0.4) is 0 Å².